The van der Waals surface area contributed by atoms with Crippen molar-refractivity contribution in [1.29, 1.82) is 0 Å². The maximum Gasteiger partial charge on any atom is 0.338 e. The number of carbonyl (C=O) groups is 3. The summed E-state index contributed by atoms with van der Waals surface area (Å²) in [5.41, 5.74) is 2.27. The van der Waals surface area contributed by atoms with Crippen molar-refractivity contribution in [2.24, 2.45) is 0 Å². The molecule has 1 saturated carbocycles. The van der Waals surface area contributed by atoms with E-state index in [-0.39, 0.29) is 24.5 Å². The van der Waals surface area contributed by atoms with Crippen LogP contribution in [0.1, 0.15) is 61.7 Å². The first kappa shape index (κ1) is 18.7. The number of carbonyl (C=O) groups excluding carboxylic acids is 3. The fraction of sp³-hybridized carbons (Fsp3) is 0.500. The van der Waals surface area contributed by atoms with Crippen molar-refractivity contribution < 1.29 is 19.1 Å². The maximum atomic E-state index is 12.7. The average Bonchev–Trinajstić information content (AvgIpc) is 3.46. The van der Waals surface area contributed by atoms with Gasteiger partial charge in [0, 0.05) is 30.4 Å². The van der Waals surface area contributed by atoms with Gasteiger partial charge >= 0.3 is 5.97 Å². The lowest BCUT2D eigenvalue weighted by atomic mass is 10.0. The molecule has 1 aromatic rings. The number of benzene rings is 1. The third-order valence-electron chi connectivity index (χ3n) is 5.57. The normalized spacial score (nSPS) is 19.4. The predicted molar refractivity (Wildman–Crippen MR) is 105 cm³/mol. The summed E-state index contributed by atoms with van der Waals surface area (Å²) >= 11 is 0. The van der Waals surface area contributed by atoms with Gasteiger partial charge in [0.05, 0.1) is 5.56 Å². The molecule has 0 atom stereocenters. The quantitative estimate of drug-likeness (QED) is 0.707. The molecule has 4 rings (SSSR count). The molecule has 0 bridgehead atoms. The van der Waals surface area contributed by atoms with Crippen LogP contribution in [0.25, 0.3) is 0 Å². The van der Waals surface area contributed by atoms with Gasteiger partial charge in [-0.3, -0.25) is 9.59 Å². The summed E-state index contributed by atoms with van der Waals surface area (Å²) in [6, 6.07) is 7.08. The lowest BCUT2D eigenvalue weighted by molar-refractivity contribution is -0.133. The summed E-state index contributed by atoms with van der Waals surface area (Å²) < 4.78 is 5.29. The van der Waals surface area contributed by atoms with Crippen LogP contribution in [0.15, 0.2) is 36.0 Å². The molecule has 2 fully saturated rings. The third kappa shape index (κ3) is 4.11. The van der Waals surface area contributed by atoms with Gasteiger partial charge in [-0.05, 0) is 69.2 Å². The summed E-state index contributed by atoms with van der Waals surface area (Å²) in [7, 11) is 0. The average molecular weight is 382 g/mol. The van der Waals surface area contributed by atoms with E-state index in [1.54, 1.807) is 29.2 Å². The first-order valence-electron chi connectivity index (χ1n) is 10.2. The van der Waals surface area contributed by atoms with Gasteiger partial charge in [-0.1, -0.05) is 6.08 Å². The predicted octanol–water partition coefficient (Wildman–Crippen LogP) is 3.42. The molecule has 0 aromatic heterocycles. The van der Waals surface area contributed by atoms with Crippen molar-refractivity contribution in [2.45, 2.75) is 57.4 Å². The van der Waals surface area contributed by atoms with Crippen molar-refractivity contribution >= 4 is 23.5 Å². The lowest BCUT2D eigenvalue weighted by Gasteiger charge is -2.27. The maximum absolute atomic E-state index is 12.7. The molecule has 6 heteroatoms. The molecule has 28 heavy (non-hydrogen) atoms. The van der Waals surface area contributed by atoms with E-state index in [4.69, 9.17) is 4.74 Å². The monoisotopic (exact) mass is 382 g/mol. The molecule has 1 aliphatic heterocycles. The minimum absolute atomic E-state index is 0.109. The van der Waals surface area contributed by atoms with E-state index in [0.29, 0.717) is 18.5 Å². The Bertz CT molecular complexity index is 795. The Labute approximate surface area is 165 Å². The summed E-state index contributed by atoms with van der Waals surface area (Å²) in [4.78, 5) is 40.4. The van der Waals surface area contributed by atoms with E-state index in [0.717, 1.165) is 49.9 Å². The van der Waals surface area contributed by atoms with Gasteiger partial charge in [0.25, 0.3) is 5.91 Å². The van der Waals surface area contributed by atoms with Gasteiger partial charge in [0.2, 0.25) is 5.91 Å². The Morgan fingerprint density at radius 2 is 1.86 bits per heavy atom. The van der Waals surface area contributed by atoms with Gasteiger partial charge < -0.3 is 14.5 Å². The molecule has 1 saturated heterocycles. The largest absolute Gasteiger partial charge is 0.452 e. The summed E-state index contributed by atoms with van der Waals surface area (Å²) in [6.07, 6.45) is 9.84. The van der Waals surface area contributed by atoms with E-state index in [1.807, 2.05) is 4.90 Å². The Morgan fingerprint density at radius 1 is 1.07 bits per heavy atom. The first-order valence-corrected chi connectivity index (χ1v) is 10.2. The Hall–Kier alpha value is -2.63. The Balaban J connectivity index is 1.35. The van der Waals surface area contributed by atoms with Crippen LogP contribution >= 0.6 is 0 Å². The molecular weight excluding hydrogens is 356 g/mol. The van der Waals surface area contributed by atoms with E-state index in [1.165, 1.54) is 6.42 Å². The third-order valence-corrected chi connectivity index (χ3v) is 5.57. The van der Waals surface area contributed by atoms with Gasteiger partial charge in [-0.15, -0.1) is 0 Å². The van der Waals surface area contributed by atoms with Gasteiger partial charge in [-0.2, -0.15) is 0 Å². The van der Waals surface area contributed by atoms with Crippen LogP contribution in [0.3, 0.4) is 0 Å². The van der Waals surface area contributed by atoms with Crippen LogP contribution in [0.4, 0.5) is 5.69 Å². The zero-order valence-electron chi connectivity index (χ0n) is 16.1. The zero-order chi connectivity index (χ0) is 19.5. The molecule has 0 radical (unpaired) electrons. The molecule has 2 amide bonds. The minimum Gasteiger partial charge on any atom is -0.452 e. The zero-order valence-corrected chi connectivity index (χ0v) is 16.1. The number of anilines is 1. The number of ether oxygens (including phenoxy) is 1. The van der Waals surface area contributed by atoms with Gasteiger partial charge in [0.15, 0.2) is 6.61 Å². The van der Waals surface area contributed by atoms with Crippen molar-refractivity contribution in [3.8, 4) is 0 Å². The summed E-state index contributed by atoms with van der Waals surface area (Å²) in [5.74, 6) is -0.539. The molecule has 1 aromatic carbocycles. The Kier molecular flexibility index (Phi) is 5.46. The Morgan fingerprint density at radius 3 is 2.46 bits per heavy atom. The number of esters is 1. The van der Waals surface area contributed by atoms with Crippen molar-refractivity contribution in [1.82, 2.24) is 4.90 Å². The van der Waals surface area contributed by atoms with Gasteiger partial charge in [-0.25, -0.2) is 4.79 Å². The molecule has 0 unspecified atom stereocenters. The van der Waals surface area contributed by atoms with E-state index in [9.17, 15) is 14.4 Å². The number of hydrogen-bond acceptors (Lipinski definition) is 4. The molecule has 3 aliphatic rings. The van der Waals surface area contributed by atoms with Crippen LogP contribution in [0, 0.1) is 0 Å². The molecular formula is C22H26N2O4. The highest BCUT2D eigenvalue weighted by molar-refractivity contribution is 5.96. The van der Waals surface area contributed by atoms with Crippen molar-refractivity contribution in [3.05, 3.63) is 41.6 Å². The highest BCUT2D eigenvalue weighted by Gasteiger charge is 2.35. The summed E-state index contributed by atoms with van der Waals surface area (Å²) in [6.45, 7) is 0.475. The van der Waals surface area contributed by atoms with Crippen molar-refractivity contribution in [3.63, 3.8) is 0 Å². The van der Waals surface area contributed by atoms with Crippen LogP contribution in [0.2, 0.25) is 0 Å². The number of allylic oxidation sites excluding steroid dienone is 2. The second kappa shape index (κ2) is 8.17. The molecule has 0 spiro atoms. The number of rotatable bonds is 6. The van der Waals surface area contributed by atoms with E-state index in [2.05, 4.69) is 6.08 Å². The van der Waals surface area contributed by atoms with Gasteiger partial charge in [0.1, 0.15) is 0 Å². The topological polar surface area (TPSA) is 66.9 Å². The van der Waals surface area contributed by atoms with Crippen LogP contribution < -0.4 is 4.90 Å². The fourth-order valence-corrected chi connectivity index (χ4v) is 3.95. The fourth-order valence-electron chi connectivity index (χ4n) is 3.95. The van der Waals surface area contributed by atoms with Crippen LogP contribution in [0.5, 0.6) is 0 Å². The lowest BCUT2D eigenvalue weighted by Crippen LogP contribution is -2.36. The number of hydrogen-bond donors (Lipinski definition) is 0. The number of amides is 2. The molecule has 6 nitrogen and oxygen atoms in total. The second-order valence-corrected chi connectivity index (χ2v) is 7.71. The van der Waals surface area contributed by atoms with E-state index < -0.39 is 5.97 Å². The molecule has 0 N–H and O–H groups in total. The molecule has 1 heterocycles. The second-order valence-electron chi connectivity index (χ2n) is 7.71. The van der Waals surface area contributed by atoms with Crippen molar-refractivity contribution in [2.75, 3.05) is 18.1 Å². The molecule has 2 aliphatic carbocycles. The van der Waals surface area contributed by atoms with E-state index >= 15 is 0 Å². The minimum atomic E-state index is -0.513. The standard InChI is InChI=1S/C22H26N2O4/c25-20-7-4-14-23(20)17-10-8-16(9-11-17)22(27)28-15-21(26)24(19-12-13-19)18-5-2-1-3-6-18/h5,8-11,19H,1-4,6-7,12-15H2. The highest BCUT2D eigenvalue weighted by Crippen LogP contribution is 2.33. The van der Waals surface area contributed by atoms with Crippen LogP contribution in [-0.4, -0.2) is 41.9 Å². The number of nitrogens with zero attached hydrogens (tertiary/aromatic N) is 2. The highest BCUT2D eigenvalue weighted by atomic mass is 16.5. The van der Waals surface area contributed by atoms with Crippen LogP contribution in [-0.2, 0) is 14.3 Å². The molecule has 148 valence electrons. The summed E-state index contributed by atoms with van der Waals surface area (Å²) in [5, 5.41) is 0. The smallest absolute Gasteiger partial charge is 0.338 e. The SMILES string of the molecule is O=C(OCC(=O)N(C1=CCCCC1)C1CC1)c1ccc(N2CCCC2=O)cc1. The first-order chi connectivity index (χ1) is 13.6.